The molecule has 13 heavy (non-hydrogen) atoms. The molecule has 3 N–H and O–H groups in total. The Hall–Kier alpha value is -0.940. The van der Waals surface area contributed by atoms with Crippen LogP contribution in [0.2, 0.25) is 0 Å². The number of nitrogens with two attached hydrogens (primary N) is 1. The zero-order valence-corrected chi connectivity index (χ0v) is 8.08. The fourth-order valence-corrected chi connectivity index (χ4v) is 1.28. The summed E-state index contributed by atoms with van der Waals surface area (Å²) in [6.07, 6.45) is 0. The summed E-state index contributed by atoms with van der Waals surface area (Å²) in [5.41, 5.74) is 5.22. The number of carboxylic acid groups (broad SMARTS) is 1. The predicted octanol–water partition coefficient (Wildman–Crippen LogP) is 1.67. The first-order valence-electron chi connectivity index (χ1n) is 3.46. The molecule has 1 atom stereocenters. The molecule has 0 aromatic heterocycles. The molecule has 1 rings (SSSR count). The molecule has 0 saturated carbocycles. The van der Waals surface area contributed by atoms with Gasteiger partial charge in [-0.2, -0.15) is 0 Å². The third-order valence-corrected chi connectivity index (χ3v) is 2.20. The maximum absolute atomic E-state index is 13.2. The van der Waals surface area contributed by atoms with Crippen LogP contribution in [0.4, 0.5) is 4.39 Å². The highest BCUT2D eigenvalue weighted by Gasteiger charge is 2.19. The SMILES string of the molecule is N[C@H](C(=O)O)c1cccc(Br)c1F. The van der Waals surface area contributed by atoms with E-state index in [1.165, 1.54) is 18.2 Å². The topological polar surface area (TPSA) is 63.3 Å². The van der Waals surface area contributed by atoms with Crippen molar-refractivity contribution < 1.29 is 14.3 Å². The average molecular weight is 248 g/mol. The standard InChI is InChI=1S/C8H7BrFNO2/c9-5-3-1-2-4(6(5)10)7(11)8(12)13/h1-3,7H,11H2,(H,12,13)/t7-/m0/s1. The minimum Gasteiger partial charge on any atom is -0.480 e. The van der Waals surface area contributed by atoms with Crippen molar-refractivity contribution in [1.29, 1.82) is 0 Å². The van der Waals surface area contributed by atoms with Gasteiger partial charge in [0.25, 0.3) is 0 Å². The molecule has 5 heteroatoms. The van der Waals surface area contributed by atoms with Gasteiger partial charge in [-0.25, -0.2) is 4.39 Å². The Kier molecular flexibility index (Phi) is 3.00. The number of carbonyl (C=O) groups is 1. The van der Waals surface area contributed by atoms with Crippen molar-refractivity contribution in [2.75, 3.05) is 0 Å². The first-order chi connectivity index (χ1) is 6.04. The van der Waals surface area contributed by atoms with Crippen LogP contribution in [0.5, 0.6) is 0 Å². The Bertz CT molecular complexity index is 343. The molecule has 0 spiro atoms. The van der Waals surface area contributed by atoms with Crippen LogP contribution in [0.25, 0.3) is 0 Å². The van der Waals surface area contributed by atoms with Gasteiger partial charge in [-0.3, -0.25) is 4.79 Å². The summed E-state index contributed by atoms with van der Waals surface area (Å²) in [5, 5.41) is 8.54. The van der Waals surface area contributed by atoms with Gasteiger partial charge < -0.3 is 10.8 Å². The first-order valence-corrected chi connectivity index (χ1v) is 4.25. The molecule has 0 fully saturated rings. The molecule has 0 radical (unpaired) electrons. The first kappa shape index (κ1) is 10.1. The van der Waals surface area contributed by atoms with Gasteiger partial charge in [0.15, 0.2) is 0 Å². The van der Waals surface area contributed by atoms with E-state index in [0.29, 0.717) is 0 Å². The largest absolute Gasteiger partial charge is 0.480 e. The number of hydrogen-bond donors (Lipinski definition) is 2. The molecule has 0 aliphatic carbocycles. The van der Waals surface area contributed by atoms with E-state index in [0.717, 1.165) is 0 Å². The molecule has 0 unspecified atom stereocenters. The lowest BCUT2D eigenvalue weighted by molar-refractivity contribution is -0.138. The molecule has 0 amide bonds. The minimum atomic E-state index is -1.32. The maximum atomic E-state index is 13.2. The summed E-state index contributed by atoms with van der Waals surface area (Å²) >= 11 is 2.94. The predicted molar refractivity (Wildman–Crippen MR) is 48.7 cm³/mol. The van der Waals surface area contributed by atoms with Gasteiger partial charge in [-0.05, 0) is 22.0 Å². The van der Waals surface area contributed by atoms with E-state index in [-0.39, 0.29) is 10.0 Å². The van der Waals surface area contributed by atoms with Crippen LogP contribution in [0, 0.1) is 5.82 Å². The van der Waals surface area contributed by atoms with Gasteiger partial charge in [0, 0.05) is 5.56 Å². The van der Waals surface area contributed by atoms with Gasteiger partial charge in [0.1, 0.15) is 11.9 Å². The van der Waals surface area contributed by atoms with Crippen LogP contribution in [-0.2, 0) is 4.79 Å². The Morgan fingerprint density at radius 2 is 2.23 bits per heavy atom. The number of aliphatic carboxylic acids is 1. The molecule has 0 aliphatic heterocycles. The van der Waals surface area contributed by atoms with Crippen LogP contribution in [0.1, 0.15) is 11.6 Å². The Morgan fingerprint density at radius 3 is 2.77 bits per heavy atom. The number of rotatable bonds is 2. The fourth-order valence-electron chi connectivity index (χ4n) is 0.894. The van der Waals surface area contributed by atoms with Gasteiger partial charge in [0.05, 0.1) is 4.47 Å². The summed E-state index contributed by atoms with van der Waals surface area (Å²) in [4.78, 5) is 10.5. The van der Waals surface area contributed by atoms with Crippen molar-refractivity contribution in [3.63, 3.8) is 0 Å². The van der Waals surface area contributed by atoms with Gasteiger partial charge in [-0.1, -0.05) is 12.1 Å². The van der Waals surface area contributed by atoms with E-state index < -0.39 is 17.8 Å². The summed E-state index contributed by atoms with van der Waals surface area (Å²) in [6, 6.07) is 3.04. The van der Waals surface area contributed by atoms with E-state index in [9.17, 15) is 9.18 Å². The van der Waals surface area contributed by atoms with Crippen LogP contribution < -0.4 is 5.73 Å². The molecule has 0 aliphatic rings. The molecular weight excluding hydrogens is 241 g/mol. The van der Waals surface area contributed by atoms with E-state index in [2.05, 4.69) is 15.9 Å². The van der Waals surface area contributed by atoms with Gasteiger partial charge >= 0.3 is 5.97 Å². The molecule has 1 aromatic carbocycles. The second kappa shape index (κ2) is 3.85. The second-order valence-corrected chi connectivity index (χ2v) is 3.31. The average Bonchev–Trinajstić information content (AvgIpc) is 2.08. The van der Waals surface area contributed by atoms with Crippen molar-refractivity contribution in [2.24, 2.45) is 5.73 Å². The van der Waals surface area contributed by atoms with Crippen molar-refractivity contribution in [1.82, 2.24) is 0 Å². The molecule has 0 heterocycles. The zero-order chi connectivity index (χ0) is 10.0. The number of carboxylic acids is 1. The quantitative estimate of drug-likeness (QED) is 0.836. The Morgan fingerprint density at radius 1 is 1.62 bits per heavy atom. The summed E-state index contributed by atoms with van der Waals surface area (Å²) < 4.78 is 13.4. The molecule has 70 valence electrons. The van der Waals surface area contributed by atoms with Gasteiger partial charge in [0.2, 0.25) is 0 Å². The fraction of sp³-hybridized carbons (Fsp3) is 0.125. The number of halogens is 2. The Labute approximate surface area is 82.5 Å². The molecule has 1 aromatic rings. The monoisotopic (exact) mass is 247 g/mol. The van der Waals surface area contributed by atoms with Crippen molar-refractivity contribution in [2.45, 2.75) is 6.04 Å². The number of hydrogen-bond acceptors (Lipinski definition) is 2. The van der Waals surface area contributed by atoms with Crippen molar-refractivity contribution in [3.05, 3.63) is 34.1 Å². The van der Waals surface area contributed by atoms with Crippen LogP contribution >= 0.6 is 15.9 Å². The maximum Gasteiger partial charge on any atom is 0.325 e. The summed E-state index contributed by atoms with van der Waals surface area (Å²) in [5.74, 6) is -1.88. The van der Waals surface area contributed by atoms with Crippen molar-refractivity contribution >= 4 is 21.9 Å². The molecule has 0 saturated heterocycles. The lowest BCUT2D eigenvalue weighted by Gasteiger charge is -2.08. The minimum absolute atomic E-state index is 0.0260. The molecule has 3 nitrogen and oxygen atoms in total. The van der Waals surface area contributed by atoms with Crippen LogP contribution in [0.15, 0.2) is 22.7 Å². The second-order valence-electron chi connectivity index (χ2n) is 2.46. The summed E-state index contributed by atoms with van der Waals surface area (Å²) in [7, 11) is 0. The normalized spacial score (nSPS) is 12.5. The lowest BCUT2D eigenvalue weighted by Crippen LogP contribution is -2.21. The highest BCUT2D eigenvalue weighted by molar-refractivity contribution is 9.10. The molecular formula is C8H7BrFNO2. The van der Waals surface area contributed by atoms with E-state index in [1.807, 2.05) is 0 Å². The van der Waals surface area contributed by atoms with Gasteiger partial charge in [-0.15, -0.1) is 0 Å². The highest BCUT2D eigenvalue weighted by atomic mass is 79.9. The zero-order valence-electron chi connectivity index (χ0n) is 6.50. The van der Waals surface area contributed by atoms with Crippen LogP contribution in [-0.4, -0.2) is 11.1 Å². The highest BCUT2D eigenvalue weighted by Crippen LogP contribution is 2.22. The summed E-state index contributed by atoms with van der Waals surface area (Å²) in [6.45, 7) is 0. The van der Waals surface area contributed by atoms with Crippen LogP contribution in [0.3, 0.4) is 0 Å². The van der Waals surface area contributed by atoms with E-state index in [4.69, 9.17) is 10.8 Å². The van der Waals surface area contributed by atoms with Crippen molar-refractivity contribution in [3.8, 4) is 0 Å². The van der Waals surface area contributed by atoms with E-state index >= 15 is 0 Å². The Balaban J connectivity index is 3.15. The smallest absolute Gasteiger partial charge is 0.325 e. The third kappa shape index (κ3) is 2.05. The third-order valence-electron chi connectivity index (χ3n) is 1.58. The lowest BCUT2D eigenvalue weighted by atomic mass is 10.1. The molecule has 0 bridgehead atoms. The number of benzene rings is 1. The van der Waals surface area contributed by atoms with E-state index in [1.54, 1.807) is 0 Å².